The Bertz CT molecular complexity index is 223. The Morgan fingerprint density at radius 3 is 2.44 bits per heavy atom. The minimum atomic E-state index is 0.382. The van der Waals surface area contributed by atoms with Gasteiger partial charge in [-0.25, -0.2) is 0 Å². The molecule has 2 aliphatic rings. The molecule has 0 spiro atoms. The normalized spacial score (nSPS) is 36.4. The summed E-state index contributed by atoms with van der Waals surface area (Å²) in [5.74, 6) is 0.964. The summed E-state index contributed by atoms with van der Waals surface area (Å²) in [6.45, 7) is 4.88. The molecule has 0 aromatic carbocycles. The van der Waals surface area contributed by atoms with Crippen molar-refractivity contribution >= 4 is 0 Å². The van der Waals surface area contributed by atoms with E-state index in [-0.39, 0.29) is 0 Å². The summed E-state index contributed by atoms with van der Waals surface area (Å²) in [5.41, 5.74) is 6.63. The molecule has 2 nitrogen and oxygen atoms in total. The third kappa shape index (κ3) is 2.78. The second-order valence-corrected chi connectivity index (χ2v) is 6.50. The third-order valence-corrected chi connectivity index (χ3v) is 4.83. The average Bonchev–Trinajstić information content (AvgIpc) is 2.79. The van der Waals surface area contributed by atoms with Gasteiger partial charge in [0.1, 0.15) is 0 Å². The molecule has 2 unspecified atom stereocenters. The maximum atomic E-state index is 6.24. The van der Waals surface area contributed by atoms with Crippen molar-refractivity contribution in [2.75, 3.05) is 20.1 Å². The summed E-state index contributed by atoms with van der Waals surface area (Å²) in [6.07, 6.45) is 9.69. The third-order valence-electron chi connectivity index (χ3n) is 4.83. The van der Waals surface area contributed by atoms with Gasteiger partial charge < -0.3 is 10.6 Å². The van der Waals surface area contributed by atoms with Gasteiger partial charge in [0.15, 0.2) is 0 Å². The average molecular weight is 224 g/mol. The van der Waals surface area contributed by atoms with Crippen molar-refractivity contribution in [2.24, 2.45) is 17.1 Å². The minimum absolute atomic E-state index is 0.382. The number of rotatable bonds is 4. The van der Waals surface area contributed by atoms with Crippen LogP contribution in [0.15, 0.2) is 0 Å². The van der Waals surface area contributed by atoms with Crippen LogP contribution in [-0.2, 0) is 0 Å². The molecule has 16 heavy (non-hydrogen) atoms. The maximum Gasteiger partial charge on any atom is 0.0105 e. The standard InChI is InChI=1S/C14H28N2/c1-14(9-5-8-13(14)15)11-16(2)10-12-6-3-4-7-12/h12-13H,3-11,15H2,1-2H3. The van der Waals surface area contributed by atoms with Crippen molar-refractivity contribution in [3.8, 4) is 0 Å². The monoisotopic (exact) mass is 224 g/mol. The molecule has 2 atom stereocenters. The lowest BCUT2D eigenvalue weighted by Gasteiger charge is -2.34. The lowest BCUT2D eigenvalue weighted by Crippen LogP contribution is -2.44. The summed E-state index contributed by atoms with van der Waals surface area (Å²) >= 11 is 0. The van der Waals surface area contributed by atoms with Gasteiger partial charge in [0, 0.05) is 19.1 Å². The Morgan fingerprint density at radius 1 is 1.19 bits per heavy atom. The largest absolute Gasteiger partial charge is 0.327 e. The first-order valence-corrected chi connectivity index (χ1v) is 7.04. The van der Waals surface area contributed by atoms with Crippen molar-refractivity contribution in [1.82, 2.24) is 4.90 Å². The number of nitrogens with zero attached hydrogens (tertiary/aromatic N) is 1. The summed E-state index contributed by atoms with van der Waals surface area (Å²) in [6, 6.07) is 0.429. The van der Waals surface area contributed by atoms with E-state index in [1.807, 2.05) is 0 Å². The zero-order valence-corrected chi connectivity index (χ0v) is 11.0. The Balaban J connectivity index is 1.79. The van der Waals surface area contributed by atoms with Gasteiger partial charge in [-0.1, -0.05) is 26.2 Å². The summed E-state index contributed by atoms with van der Waals surface area (Å²) < 4.78 is 0. The van der Waals surface area contributed by atoms with Gasteiger partial charge in [0.2, 0.25) is 0 Å². The van der Waals surface area contributed by atoms with Crippen LogP contribution in [0.4, 0.5) is 0 Å². The van der Waals surface area contributed by atoms with Crippen molar-refractivity contribution in [2.45, 2.75) is 57.9 Å². The van der Waals surface area contributed by atoms with E-state index >= 15 is 0 Å². The molecule has 2 fully saturated rings. The van der Waals surface area contributed by atoms with Crippen LogP contribution < -0.4 is 5.73 Å². The highest BCUT2D eigenvalue weighted by molar-refractivity contribution is 4.93. The maximum absolute atomic E-state index is 6.24. The van der Waals surface area contributed by atoms with Crippen LogP contribution >= 0.6 is 0 Å². The molecule has 94 valence electrons. The number of hydrogen-bond acceptors (Lipinski definition) is 2. The number of nitrogens with two attached hydrogens (primary N) is 1. The molecular formula is C14H28N2. The van der Waals surface area contributed by atoms with Crippen LogP contribution in [0.2, 0.25) is 0 Å². The van der Waals surface area contributed by atoms with E-state index in [0.717, 1.165) is 5.92 Å². The molecule has 2 aliphatic carbocycles. The van der Waals surface area contributed by atoms with Gasteiger partial charge in [-0.15, -0.1) is 0 Å². The van der Waals surface area contributed by atoms with E-state index in [0.29, 0.717) is 11.5 Å². The van der Waals surface area contributed by atoms with Crippen LogP contribution in [0.1, 0.15) is 51.9 Å². The molecule has 0 aromatic heterocycles. The second kappa shape index (κ2) is 5.05. The molecule has 0 heterocycles. The van der Waals surface area contributed by atoms with Crippen LogP contribution in [0, 0.1) is 11.3 Å². The molecule has 0 saturated heterocycles. The van der Waals surface area contributed by atoms with Gasteiger partial charge >= 0.3 is 0 Å². The summed E-state index contributed by atoms with van der Waals surface area (Å²) in [4.78, 5) is 2.54. The first-order valence-electron chi connectivity index (χ1n) is 7.04. The fourth-order valence-corrected chi connectivity index (χ4v) is 3.77. The molecule has 2 heteroatoms. The van der Waals surface area contributed by atoms with Gasteiger partial charge in [-0.05, 0) is 44.1 Å². The highest BCUT2D eigenvalue weighted by Crippen LogP contribution is 2.37. The SMILES string of the molecule is CN(CC1CCCC1)CC1(C)CCCC1N. The highest BCUT2D eigenvalue weighted by Gasteiger charge is 2.37. The van der Waals surface area contributed by atoms with E-state index in [4.69, 9.17) is 5.73 Å². The second-order valence-electron chi connectivity index (χ2n) is 6.50. The fourth-order valence-electron chi connectivity index (χ4n) is 3.77. The molecule has 0 radical (unpaired) electrons. The van der Waals surface area contributed by atoms with Crippen molar-refractivity contribution in [3.05, 3.63) is 0 Å². The zero-order chi connectivity index (χ0) is 11.6. The predicted molar refractivity (Wildman–Crippen MR) is 69.4 cm³/mol. The quantitative estimate of drug-likeness (QED) is 0.795. The van der Waals surface area contributed by atoms with Crippen molar-refractivity contribution < 1.29 is 0 Å². The molecule has 0 amide bonds. The molecule has 0 aliphatic heterocycles. The van der Waals surface area contributed by atoms with Crippen LogP contribution in [-0.4, -0.2) is 31.1 Å². The topological polar surface area (TPSA) is 29.3 Å². The molecule has 2 rings (SSSR count). The van der Waals surface area contributed by atoms with Crippen LogP contribution in [0.25, 0.3) is 0 Å². The highest BCUT2D eigenvalue weighted by atomic mass is 15.1. The lowest BCUT2D eigenvalue weighted by molar-refractivity contribution is 0.161. The Morgan fingerprint density at radius 2 is 1.88 bits per heavy atom. The van der Waals surface area contributed by atoms with Crippen molar-refractivity contribution in [1.29, 1.82) is 0 Å². The fraction of sp³-hybridized carbons (Fsp3) is 1.00. The predicted octanol–water partition coefficient (Wildman–Crippen LogP) is 2.63. The first-order chi connectivity index (χ1) is 7.60. The molecular weight excluding hydrogens is 196 g/mol. The minimum Gasteiger partial charge on any atom is -0.327 e. The van der Waals surface area contributed by atoms with Gasteiger partial charge in [0.05, 0.1) is 0 Å². The Kier molecular flexibility index (Phi) is 3.91. The molecule has 2 saturated carbocycles. The van der Waals surface area contributed by atoms with E-state index in [1.165, 1.54) is 58.0 Å². The van der Waals surface area contributed by atoms with Crippen LogP contribution in [0.5, 0.6) is 0 Å². The Hall–Kier alpha value is -0.0800. The molecule has 0 bridgehead atoms. The van der Waals surface area contributed by atoms with Crippen molar-refractivity contribution in [3.63, 3.8) is 0 Å². The van der Waals surface area contributed by atoms with Gasteiger partial charge in [-0.3, -0.25) is 0 Å². The molecule has 0 aromatic rings. The van der Waals surface area contributed by atoms with Crippen LogP contribution in [0.3, 0.4) is 0 Å². The van der Waals surface area contributed by atoms with Gasteiger partial charge in [0.25, 0.3) is 0 Å². The van der Waals surface area contributed by atoms with Gasteiger partial charge in [-0.2, -0.15) is 0 Å². The number of hydrogen-bond donors (Lipinski definition) is 1. The Labute approximate surface area is 101 Å². The summed E-state index contributed by atoms with van der Waals surface area (Å²) in [5, 5.41) is 0. The lowest BCUT2D eigenvalue weighted by atomic mass is 9.84. The molecule has 2 N–H and O–H groups in total. The van der Waals surface area contributed by atoms with E-state index in [1.54, 1.807) is 0 Å². The van der Waals surface area contributed by atoms with E-state index in [2.05, 4.69) is 18.9 Å². The van der Waals surface area contributed by atoms with E-state index < -0.39 is 0 Å². The zero-order valence-electron chi connectivity index (χ0n) is 11.0. The van der Waals surface area contributed by atoms with E-state index in [9.17, 15) is 0 Å². The smallest absolute Gasteiger partial charge is 0.0105 e. The first kappa shape index (κ1) is 12.4. The summed E-state index contributed by atoms with van der Waals surface area (Å²) in [7, 11) is 2.29.